The van der Waals surface area contributed by atoms with Crippen molar-refractivity contribution >= 4 is 9.04 Å². The Balaban J connectivity index is 4.21. The molecule has 0 aliphatic rings. The standard InChI is InChI=1S/C11H26O2Si/c1-7-9-14(11(3,4)5)13-10(8-2)12-6/h10,14H,7-9H2,1-6H3. The summed E-state index contributed by atoms with van der Waals surface area (Å²) in [6.45, 7) is 11.2. The van der Waals surface area contributed by atoms with Crippen LogP contribution in [0.5, 0.6) is 0 Å². The van der Waals surface area contributed by atoms with E-state index in [9.17, 15) is 0 Å². The maximum Gasteiger partial charge on any atom is 0.185 e. The number of hydrogen-bond donors (Lipinski definition) is 0. The highest BCUT2D eigenvalue weighted by molar-refractivity contribution is 6.55. The first kappa shape index (κ1) is 14.1. The minimum atomic E-state index is -1.14. The fourth-order valence-electron chi connectivity index (χ4n) is 1.47. The van der Waals surface area contributed by atoms with Gasteiger partial charge in [0.25, 0.3) is 0 Å². The molecule has 0 rings (SSSR count). The molecule has 0 bridgehead atoms. The predicted molar refractivity (Wildman–Crippen MR) is 64.1 cm³/mol. The van der Waals surface area contributed by atoms with Crippen molar-refractivity contribution in [2.24, 2.45) is 0 Å². The fraction of sp³-hybridized carbons (Fsp3) is 1.00. The summed E-state index contributed by atoms with van der Waals surface area (Å²) < 4.78 is 11.4. The Labute approximate surface area is 90.7 Å². The fourth-order valence-corrected chi connectivity index (χ4v) is 4.07. The summed E-state index contributed by atoms with van der Waals surface area (Å²) in [5.74, 6) is 0. The lowest BCUT2D eigenvalue weighted by Crippen LogP contribution is -2.34. The molecule has 14 heavy (non-hydrogen) atoms. The normalized spacial score (nSPS) is 16.7. The zero-order chi connectivity index (χ0) is 11.2. The van der Waals surface area contributed by atoms with Gasteiger partial charge < -0.3 is 9.16 Å². The summed E-state index contributed by atoms with van der Waals surface area (Å²) in [4.78, 5) is 0. The van der Waals surface area contributed by atoms with Gasteiger partial charge in [-0.25, -0.2) is 0 Å². The lowest BCUT2D eigenvalue weighted by molar-refractivity contribution is -0.0605. The van der Waals surface area contributed by atoms with Gasteiger partial charge in [-0.05, 0) is 17.5 Å². The molecule has 0 aliphatic carbocycles. The molecule has 0 fully saturated rings. The Hall–Kier alpha value is 0.137. The second-order valence-electron chi connectivity index (χ2n) is 4.85. The lowest BCUT2D eigenvalue weighted by atomic mass is 10.2. The van der Waals surface area contributed by atoms with Crippen molar-refractivity contribution in [3.05, 3.63) is 0 Å². The van der Waals surface area contributed by atoms with E-state index in [1.165, 1.54) is 12.5 Å². The Kier molecular flexibility index (Phi) is 6.65. The third-order valence-electron chi connectivity index (χ3n) is 2.43. The Morgan fingerprint density at radius 3 is 2.07 bits per heavy atom. The van der Waals surface area contributed by atoms with Crippen molar-refractivity contribution in [2.75, 3.05) is 7.11 Å². The van der Waals surface area contributed by atoms with Crippen LogP contribution in [0.3, 0.4) is 0 Å². The Morgan fingerprint density at radius 1 is 1.21 bits per heavy atom. The second kappa shape index (κ2) is 6.59. The Morgan fingerprint density at radius 2 is 1.79 bits per heavy atom. The average Bonchev–Trinajstić information content (AvgIpc) is 2.10. The van der Waals surface area contributed by atoms with Crippen molar-refractivity contribution in [3.8, 4) is 0 Å². The van der Waals surface area contributed by atoms with E-state index in [1.807, 2.05) is 0 Å². The van der Waals surface area contributed by atoms with Gasteiger partial charge in [0.15, 0.2) is 9.04 Å². The smallest absolute Gasteiger partial charge is 0.185 e. The van der Waals surface area contributed by atoms with Crippen molar-refractivity contribution < 1.29 is 9.16 Å². The molecule has 0 aromatic carbocycles. The van der Waals surface area contributed by atoms with Gasteiger partial charge in [0.05, 0.1) is 0 Å². The van der Waals surface area contributed by atoms with E-state index in [2.05, 4.69) is 34.6 Å². The number of ether oxygens (including phenoxy) is 1. The van der Waals surface area contributed by atoms with Crippen LogP contribution in [-0.4, -0.2) is 22.4 Å². The first-order valence-corrected chi connectivity index (χ1v) is 7.50. The molecule has 0 saturated heterocycles. The summed E-state index contributed by atoms with van der Waals surface area (Å²) in [6.07, 6.45) is 2.17. The molecule has 0 aliphatic heterocycles. The highest BCUT2D eigenvalue weighted by Gasteiger charge is 2.29. The topological polar surface area (TPSA) is 18.5 Å². The molecular weight excluding hydrogens is 192 g/mol. The first-order chi connectivity index (χ1) is 6.45. The Bertz CT molecular complexity index is 139. The highest BCUT2D eigenvalue weighted by Crippen LogP contribution is 2.31. The molecule has 2 atom stereocenters. The van der Waals surface area contributed by atoms with Crippen LogP contribution in [0, 0.1) is 0 Å². The zero-order valence-electron chi connectivity index (χ0n) is 10.6. The van der Waals surface area contributed by atoms with Gasteiger partial charge in [-0.3, -0.25) is 0 Å². The number of hydrogen-bond acceptors (Lipinski definition) is 2. The molecule has 0 amide bonds. The van der Waals surface area contributed by atoms with Crippen LogP contribution < -0.4 is 0 Å². The predicted octanol–water partition coefficient (Wildman–Crippen LogP) is 3.32. The molecule has 2 nitrogen and oxygen atoms in total. The SMILES string of the molecule is CCC[SiH](OC(CC)OC)C(C)(C)C. The van der Waals surface area contributed by atoms with Gasteiger partial charge in [0.2, 0.25) is 0 Å². The largest absolute Gasteiger partial charge is 0.395 e. The summed E-state index contributed by atoms with van der Waals surface area (Å²) in [5.41, 5.74) is 0. The molecule has 0 aromatic heterocycles. The van der Waals surface area contributed by atoms with Crippen molar-refractivity contribution in [2.45, 2.75) is 64.8 Å². The second-order valence-corrected chi connectivity index (χ2v) is 8.41. The summed E-state index contributed by atoms with van der Waals surface area (Å²) in [7, 11) is 0.590. The summed E-state index contributed by atoms with van der Waals surface area (Å²) >= 11 is 0. The van der Waals surface area contributed by atoms with Gasteiger partial charge in [0.1, 0.15) is 6.29 Å². The van der Waals surface area contributed by atoms with E-state index >= 15 is 0 Å². The monoisotopic (exact) mass is 218 g/mol. The molecule has 0 heterocycles. The molecular formula is C11H26O2Si. The molecule has 0 aromatic rings. The van der Waals surface area contributed by atoms with Crippen molar-refractivity contribution in [1.82, 2.24) is 0 Å². The van der Waals surface area contributed by atoms with Crippen LogP contribution >= 0.6 is 0 Å². The molecule has 0 N–H and O–H groups in total. The van der Waals surface area contributed by atoms with E-state index in [4.69, 9.17) is 9.16 Å². The maximum atomic E-state index is 6.07. The third kappa shape index (κ3) is 5.13. The van der Waals surface area contributed by atoms with E-state index in [0.29, 0.717) is 5.04 Å². The number of rotatable bonds is 6. The highest BCUT2D eigenvalue weighted by atomic mass is 28.3. The van der Waals surface area contributed by atoms with E-state index in [0.717, 1.165) is 6.42 Å². The first-order valence-electron chi connectivity index (χ1n) is 5.63. The minimum absolute atomic E-state index is 0.0115. The van der Waals surface area contributed by atoms with Gasteiger partial charge in [-0.15, -0.1) is 0 Å². The van der Waals surface area contributed by atoms with Gasteiger partial charge >= 0.3 is 0 Å². The molecule has 0 radical (unpaired) electrons. The minimum Gasteiger partial charge on any atom is -0.395 e. The van der Waals surface area contributed by atoms with E-state index in [1.54, 1.807) is 7.11 Å². The molecule has 3 heteroatoms. The average molecular weight is 218 g/mol. The van der Waals surface area contributed by atoms with E-state index in [-0.39, 0.29) is 6.29 Å². The zero-order valence-corrected chi connectivity index (χ0v) is 11.7. The quantitative estimate of drug-likeness (QED) is 0.503. The van der Waals surface area contributed by atoms with Crippen LogP contribution in [0.25, 0.3) is 0 Å². The summed E-state index contributed by atoms with van der Waals surface area (Å²) in [5, 5.41) is 0.335. The van der Waals surface area contributed by atoms with Crippen LogP contribution in [-0.2, 0) is 9.16 Å². The lowest BCUT2D eigenvalue weighted by Gasteiger charge is -2.31. The third-order valence-corrected chi connectivity index (χ3v) is 6.09. The van der Waals surface area contributed by atoms with Crippen LogP contribution in [0.15, 0.2) is 0 Å². The van der Waals surface area contributed by atoms with Crippen LogP contribution in [0.1, 0.15) is 47.5 Å². The number of methoxy groups -OCH3 is 1. The molecule has 0 saturated carbocycles. The van der Waals surface area contributed by atoms with Gasteiger partial charge in [-0.2, -0.15) is 0 Å². The van der Waals surface area contributed by atoms with Crippen molar-refractivity contribution in [3.63, 3.8) is 0 Å². The van der Waals surface area contributed by atoms with E-state index < -0.39 is 9.04 Å². The molecule has 86 valence electrons. The summed E-state index contributed by atoms with van der Waals surface area (Å²) in [6, 6.07) is 1.24. The van der Waals surface area contributed by atoms with Crippen molar-refractivity contribution in [1.29, 1.82) is 0 Å². The molecule has 2 unspecified atom stereocenters. The van der Waals surface area contributed by atoms with Gasteiger partial charge in [-0.1, -0.05) is 41.0 Å². The maximum absolute atomic E-state index is 6.07. The van der Waals surface area contributed by atoms with Crippen LogP contribution in [0.2, 0.25) is 11.1 Å². The van der Waals surface area contributed by atoms with Gasteiger partial charge in [0, 0.05) is 7.11 Å². The van der Waals surface area contributed by atoms with Crippen LogP contribution in [0.4, 0.5) is 0 Å². The molecule has 0 spiro atoms.